The smallest absolute Gasteiger partial charge is 0.127 e. The maximum Gasteiger partial charge on any atom is 0.127 e. The molecule has 1 aliphatic heterocycles. The van der Waals surface area contributed by atoms with E-state index in [2.05, 4.69) is 5.32 Å². The molecule has 2 nitrogen and oxygen atoms in total. The number of nitrogens with one attached hydrogen (secondary N) is 1. The van der Waals surface area contributed by atoms with Crippen LogP contribution in [0.3, 0.4) is 0 Å². The molecule has 0 amide bonds. The van der Waals surface area contributed by atoms with Crippen LogP contribution in [0, 0.1) is 5.82 Å². The lowest BCUT2D eigenvalue weighted by Crippen LogP contribution is -2.26. The lowest BCUT2D eigenvalue weighted by molar-refractivity contribution is 0.303. The molecule has 1 heterocycles. The highest BCUT2D eigenvalue weighted by Gasteiger charge is 2.16. The molecule has 1 fully saturated rings. The molecule has 0 saturated carbocycles. The molecule has 0 bridgehead atoms. The third-order valence-electron chi connectivity index (χ3n) is 3.95. The number of benzene rings is 2. The molecule has 0 atom stereocenters. The topological polar surface area (TPSA) is 21.3 Å². The maximum atomic E-state index is 13.8. The molecule has 2 aromatic rings. The third-order valence-corrected chi connectivity index (χ3v) is 3.95. The van der Waals surface area contributed by atoms with Gasteiger partial charge in [0.05, 0.1) is 0 Å². The summed E-state index contributed by atoms with van der Waals surface area (Å²) in [4.78, 5) is 0. The summed E-state index contributed by atoms with van der Waals surface area (Å²) >= 11 is 0. The van der Waals surface area contributed by atoms with E-state index in [1.54, 1.807) is 6.07 Å². The first-order chi connectivity index (χ1) is 10.3. The van der Waals surface area contributed by atoms with Crippen molar-refractivity contribution in [2.45, 2.75) is 25.4 Å². The third kappa shape index (κ3) is 3.82. The van der Waals surface area contributed by atoms with E-state index in [9.17, 15) is 4.39 Å². The first-order valence-corrected chi connectivity index (χ1v) is 7.49. The second-order valence-corrected chi connectivity index (χ2v) is 5.52. The Morgan fingerprint density at radius 2 is 1.81 bits per heavy atom. The molecule has 0 unspecified atom stereocenters. The van der Waals surface area contributed by atoms with Crippen LogP contribution >= 0.6 is 0 Å². The van der Waals surface area contributed by atoms with Gasteiger partial charge in [0.15, 0.2) is 0 Å². The van der Waals surface area contributed by atoms with Gasteiger partial charge in [-0.2, -0.15) is 0 Å². The Morgan fingerprint density at radius 3 is 2.57 bits per heavy atom. The molecular formula is C18H20FNO. The summed E-state index contributed by atoms with van der Waals surface area (Å²) in [6.45, 7) is 2.47. The molecule has 1 N–H and O–H groups in total. The molecule has 110 valence electrons. The minimum atomic E-state index is -0.214. The van der Waals surface area contributed by atoms with E-state index in [4.69, 9.17) is 4.74 Å². The van der Waals surface area contributed by atoms with E-state index >= 15 is 0 Å². The zero-order chi connectivity index (χ0) is 14.5. The summed E-state index contributed by atoms with van der Waals surface area (Å²) in [5, 5.41) is 3.34. The van der Waals surface area contributed by atoms with Crippen molar-refractivity contribution in [3.05, 3.63) is 65.5 Å². The highest BCUT2D eigenvalue weighted by Crippen LogP contribution is 2.29. The van der Waals surface area contributed by atoms with E-state index in [0.717, 1.165) is 37.1 Å². The van der Waals surface area contributed by atoms with Crippen LogP contribution in [0.4, 0.5) is 4.39 Å². The first-order valence-electron chi connectivity index (χ1n) is 7.49. The van der Waals surface area contributed by atoms with Crippen LogP contribution in [0.5, 0.6) is 5.75 Å². The van der Waals surface area contributed by atoms with E-state index in [1.807, 2.05) is 36.4 Å². The van der Waals surface area contributed by atoms with Crippen LogP contribution in [-0.4, -0.2) is 13.1 Å². The van der Waals surface area contributed by atoms with Crippen molar-refractivity contribution in [3.8, 4) is 5.75 Å². The summed E-state index contributed by atoms with van der Waals surface area (Å²) in [6.07, 6.45) is 2.11. The summed E-state index contributed by atoms with van der Waals surface area (Å²) in [5.74, 6) is 0.836. The fraction of sp³-hybridized carbons (Fsp3) is 0.333. The van der Waals surface area contributed by atoms with Crippen LogP contribution < -0.4 is 10.1 Å². The fourth-order valence-electron chi connectivity index (χ4n) is 2.80. The largest absolute Gasteiger partial charge is 0.489 e. The van der Waals surface area contributed by atoms with Gasteiger partial charge in [-0.05, 0) is 55.1 Å². The summed E-state index contributed by atoms with van der Waals surface area (Å²) < 4.78 is 19.6. The Morgan fingerprint density at radius 1 is 1.05 bits per heavy atom. The van der Waals surface area contributed by atoms with E-state index in [1.165, 1.54) is 6.07 Å². The van der Waals surface area contributed by atoms with Gasteiger partial charge in [-0.3, -0.25) is 0 Å². The first kappa shape index (κ1) is 14.1. The number of hydrogen-bond donors (Lipinski definition) is 1. The second kappa shape index (κ2) is 6.72. The molecule has 0 spiro atoms. The standard InChI is InChI=1S/C18H20FNO/c19-17-10-16(15-6-8-20-9-7-15)11-18(12-17)21-13-14-4-2-1-3-5-14/h1-5,10-12,15,20H,6-9,13H2. The van der Waals surface area contributed by atoms with Gasteiger partial charge >= 0.3 is 0 Å². The quantitative estimate of drug-likeness (QED) is 0.920. The summed E-state index contributed by atoms with van der Waals surface area (Å²) in [7, 11) is 0. The van der Waals surface area contributed by atoms with Gasteiger partial charge in [0.25, 0.3) is 0 Å². The molecule has 0 aromatic heterocycles. The molecule has 3 heteroatoms. The highest BCUT2D eigenvalue weighted by atomic mass is 19.1. The molecule has 21 heavy (non-hydrogen) atoms. The van der Waals surface area contributed by atoms with Crippen LogP contribution in [0.2, 0.25) is 0 Å². The van der Waals surface area contributed by atoms with Gasteiger partial charge in [-0.1, -0.05) is 30.3 Å². The zero-order valence-corrected chi connectivity index (χ0v) is 12.0. The van der Waals surface area contributed by atoms with E-state index in [-0.39, 0.29) is 5.82 Å². The summed E-state index contributed by atoms with van der Waals surface area (Å²) in [5.41, 5.74) is 2.14. The number of rotatable bonds is 4. The highest BCUT2D eigenvalue weighted by molar-refractivity contribution is 5.32. The molecule has 2 aromatic carbocycles. The normalized spacial score (nSPS) is 15.9. The molecule has 0 radical (unpaired) electrons. The monoisotopic (exact) mass is 285 g/mol. The average Bonchev–Trinajstić information content (AvgIpc) is 2.54. The van der Waals surface area contributed by atoms with Crippen LogP contribution in [0.1, 0.15) is 29.9 Å². The second-order valence-electron chi connectivity index (χ2n) is 5.52. The van der Waals surface area contributed by atoms with Crippen LogP contribution in [0.15, 0.2) is 48.5 Å². The molecule has 0 aliphatic carbocycles. The Bertz CT molecular complexity index is 579. The van der Waals surface area contributed by atoms with Crippen molar-refractivity contribution in [3.63, 3.8) is 0 Å². The van der Waals surface area contributed by atoms with Crippen molar-refractivity contribution >= 4 is 0 Å². The van der Waals surface area contributed by atoms with Crippen molar-refractivity contribution in [1.29, 1.82) is 0 Å². The van der Waals surface area contributed by atoms with Crippen LogP contribution in [0.25, 0.3) is 0 Å². The van der Waals surface area contributed by atoms with E-state index in [0.29, 0.717) is 18.3 Å². The van der Waals surface area contributed by atoms with Gasteiger partial charge in [0.1, 0.15) is 18.2 Å². The van der Waals surface area contributed by atoms with Crippen molar-refractivity contribution in [2.24, 2.45) is 0 Å². The van der Waals surface area contributed by atoms with Crippen molar-refractivity contribution in [1.82, 2.24) is 5.32 Å². The summed E-state index contributed by atoms with van der Waals surface area (Å²) in [6, 6.07) is 15.0. The Labute approximate surface area is 125 Å². The molecule has 1 saturated heterocycles. The average molecular weight is 285 g/mol. The molecule has 3 rings (SSSR count). The lowest BCUT2D eigenvalue weighted by Gasteiger charge is -2.23. The van der Waals surface area contributed by atoms with Crippen LogP contribution in [-0.2, 0) is 6.61 Å². The number of piperidine rings is 1. The minimum absolute atomic E-state index is 0.214. The number of ether oxygens (including phenoxy) is 1. The predicted octanol–water partition coefficient (Wildman–Crippen LogP) is 3.87. The predicted molar refractivity (Wildman–Crippen MR) is 82.0 cm³/mol. The Kier molecular flexibility index (Phi) is 4.51. The minimum Gasteiger partial charge on any atom is -0.489 e. The SMILES string of the molecule is Fc1cc(OCc2ccccc2)cc(C2CCNCC2)c1. The molecule has 1 aliphatic rings. The Hall–Kier alpha value is -1.87. The van der Waals surface area contributed by atoms with Gasteiger partial charge in [-0.15, -0.1) is 0 Å². The van der Waals surface area contributed by atoms with Gasteiger partial charge < -0.3 is 10.1 Å². The maximum absolute atomic E-state index is 13.8. The lowest BCUT2D eigenvalue weighted by atomic mass is 9.90. The van der Waals surface area contributed by atoms with Gasteiger partial charge in [0.2, 0.25) is 0 Å². The van der Waals surface area contributed by atoms with Gasteiger partial charge in [-0.25, -0.2) is 4.39 Å². The number of halogens is 1. The van der Waals surface area contributed by atoms with Crippen molar-refractivity contribution in [2.75, 3.05) is 13.1 Å². The van der Waals surface area contributed by atoms with Crippen molar-refractivity contribution < 1.29 is 9.13 Å². The molecular weight excluding hydrogens is 265 g/mol. The number of hydrogen-bond acceptors (Lipinski definition) is 2. The zero-order valence-electron chi connectivity index (χ0n) is 12.0. The van der Waals surface area contributed by atoms with E-state index < -0.39 is 0 Å². The Balaban J connectivity index is 1.71. The fourth-order valence-corrected chi connectivity index (χ4v) is 2.80. The van der Waals surface area contributed by atoms with Gasteiger partial charge in [0, 0.05) is 6.07 Å².